The second-order valence-corrected chi connectivity index (χ2v) is 10.1. The van der Waals surface area contributed by atoms with E-state index in [9.17, 15) is 13.2 Å². The number of hydrogen-bond donors (Lipinski definition) is 2. The molecule has 0 aliphatic heterocycles. The smallest absolute Gasteiger partial charge is 0.301 e. The summed E-state index contributed by atoms with van der Waals surface area (Å²) in [4.78, 5) is 12.3. The molecule has 1 aliphatic carbocycles. The van der Waals surface area contributed by atoms with Gasteiger partial charge in [-0.1, -0.05) is 0 Å². The van der Waals surface area contributed by atoms with Crippen LogP contribution in [0.25, 0.3) is 22.8 Å². The summed E-state index contributed by atoms with van der Waals surface area (Å²) in [6.45, 7) is 6.14. The molecular weight excluding hydrogens is 442 g/mol. The minimum absolute atomic E-state index is 0.0526. The van der Waals surface area contributed by atoms with Crippen LogP contribution in [0.15, 0.2) is 36.5 Å². The number of benzene rings is 1. The number of carbonyl (C=O) groups is 1. The lowest BCUT2D eigenvalue weighted by Crippen LogP contribution is -2.40. The van der Waals surface area contributed by atoms with E-state index in [1.807, 2.05) is 67.6 Å². The SMILES string of the molecule is Cc1nn(C)c(-n2ccc3ccc(OC(C)C)cc32)c1/C=C/C(=O)NS(=O)(=O)NCC1CC1. The van der Waals surface area contributed by atoms with Crippen LogP contribution in [-0.4, -0.2) is 41.3 Å². The summed E-state index contributed by atoms with van der Waals surface area (Å²) < 4.78 is 38.1. The average molecular weight is 472 g/mol. The summed E-state index contributed by atoms with van der Waals surface area (Å²) in [6, 6.07) is 7.89. The van der Waals surface area contributed by atoms with Crippen LogP contribution < -0.4 is 14.2 Å². The van der Waals surface area contributed by atoms with Crippen molar-refractivity contribution in [1.82, 2.24) is 23.8 Å². The van der Waals surface area contributed by atoms with Crippen molar-refractivity contribution in [2.45, 2.75) is 39.7 Å². The Morgan fingerprint density at radius 2 is 2.06 bits per heavy atom. The lowest BCUT2D eigenvalue weighted by Gasteiger charge is -2.12. The van der Waals surface area contributed by atoms with Gasteiger partial charge in [0.1, 0.15) is 11.6 Å². The summed E-state index contributed by atoms with van der Waals surface area (Å²) in [5.74, 6) is 1.16. The van der Waals surface area contributed by atoms with E-state index in [2.05, 4.69) is 9.82 Å². The summed E-state index contributed by atoms with van der Waals surface area (Å²) in [6.07, 6.45) is 6.81. The highest BCUT2D eigenvalue weighted by Crippen LogP contribution is 2.29. The quantitative estimate of drug-likeness (QED) is 0.467. The van der Waals surface area contributed by atoms with Crippen LogP contribution >= 0.6 is 0 Å². The maximum absolute atomic E-state index is 12.3. The summed E-state index contributed by atoms with van der Waals surface area (Å²) in [5, 5.41) is 5.54. The zero-order valence-corrected chi connectivity index (χ0v) is 20.0. The van der Waals surface area contributed by atoms with Gasteiger partial charge in [0.2, 0.25) is 0 Å². The van der Waals surface area contributed by atoms with Crippen molar-refractivity contribution in [2.24, 2.45) is 13.0 Å². The minimum Gasteiger partial charge on any atom is -0.491 e. The number of nitrogens with one attached hydrogen (secondary N) is 2. The molecule has 1 saturated carbocycles. The Bertz CT molecular complexity index is 1320. The molecule has 9 nitrogen and oxygen atoms in total. The van der Waals surface area contributed by atoms with Crippen LogP contribution in [0.2, 0.25) is 0 Å². The molecule has 10 heteroatoms. The van der Waals surface area contributed by atoms with Crippen LogP contribution in [0, 0.1) is 12.8 Å². The van der Waals surface area contributed by atoms with E-state index in [0.717, 1.165) is 35.3 Å². The number of amides is 1. The van der Waals surface area contributed by atoms with Crippen molar-refractivity contribution < 1.29 is 17.9 Å². The third kappa shape index (κ3) is 5.45. The van der Waals surface area contributed by atoms with Gasteiger partial charge in [-0.05, 0) is 63.8 Å². The van der Waals surface area contributed by atoms with Gasteiger partial charge in [0.25, 0.3) is 5.91 Å². The molecule has 1 aliphatic rings. The molecule has 0 atom stereocenters. The first-order valence-corrected chi connectivity index (χ1v) is 12.4. The van der Waals surface area contributed by atoms with Gasteiger partial charge in [-0.3, -0.25) is 9.48 Å². The predicted octanol–water partition coefficient (Wildman–Crippen LogP) is 2.83. The molecule has 1 fully saturated rings. The highest BCUT2D eigenvalue weighted by molar-refractivity contribution is 7.88. The van der Waals surface area contributed by atoms with Crippen molar-refractivity contribution >= 4 is 33.1 Å². The number of hydrogen-bond acceptors (Lipinski definition) is 5. The standard InChI is InChI=1S/C23H29N5O4S/c1-15(2)32-19-8-7-18-11-12-28(21(18)13-19)23-20(16(3)25-27(23)4)9-10-22(29)26-33(30,31)24-14-17-5-6-17/h7-13,15,17,24H,5-6,14H2,1-4H3,(H,26,29)/b10-9+. The topological polar surface area (TPSA) is 107 Å². The van der Waals surface area contributed by atoms with Crippen molar-refractivity contribution in [1.29, 1.82) is 0 Å². The number of fused-ring (bicyclic) bond motifs is 1. The third-order valence-corrected chi connectivity index (χ3v) is 6.41. The Hall–Kier alpha value is -3.11. The molecule has 1 aromatic carbocycles. The van der Waals surface area contributed by atoms with E-state index in [0.29, 0.717) is 23.7 Å². The highest BCUT2D eigenvalue weighted by atomic mass is 32.2. The molecule has 0 radical (unpaired) electrons. The van der Waals surface area contributed by atoms with Gasteiger partial charge < -0.3 is 9.30 Å². The van der Waals surface area contributed by atoms with Crippen LogP contribution in [0.4, 0.5) is 0 Å². The van der Waals surface area contributed by atoms with Crippen molar-refractivity contribution in [3.63, 3.8) is 0 Å². The van der Waals surface area contributed by atoms with E-state index in [1.165, 1.54) is 6.08 Å². The number of aromatic nitrogens is 3. The Kier molecular flexibility index (Phi) is 6.31. The fourth-order valence-electron chi connectivity index (χ4n) is 3.69. The highest BCUT2D eigenvalue weighted by Gasteiger charge is 2.24. The molecular formula is C23H29N5O4S. The first kappa shape index (κ1) is 23.1. The Morgan fingerprint density at radius 3 is 2.76 bits per heavy atom. The zero-order valence-electron chi connectivity index (χ0n) is 19.2. The van der Waals surface area contributed by atoms with Gasteiger partial charge in [-0.25, -0.2) is 4.72 Å². The largest absolute Gasteiger partial charge is 0.491 e. The van der Waals surface area contributed by atoms with E-state index < -0.39 is 16.1 Å². The van der Waals surface area contributed by atoms with Crippen LogP contribution in [0.1, 0.15) is 37.9 Å². The van der Waals surface area contributed by atoms with Crippen molar-refractivity contribution in [3.8, 4) is 11.6 Å². The summed E-state index contributed by atoms with van der Waals surface area (Å²) in [7, 11) is -2.06. The molecule has 2 aromatic heterocycles. The van der Waals surface area contributed by atoms with Gasteiger partial charge in [-0.15, -0.1) is 0 Å². The second kappa shape index (κ2) is 9.03. The van der Waals surface area contributed by atoms with Crippen LogP contribution in [-0.2, 0) is 22.1 Å². The molecule has 0 saturated heterocycles. The monoisotopic (exact) mass is 471 g/mol. The normalized spacial score (nSPS) is 14.5. The molecule has 2 N–H and O–H groups in total. The lowest BCUT2D eigenvalue weighted by atomic mass is 10.2. The number of carbonyl (C=O) groups excluding carboxylic acids is 1. The lowest BCUT2D eigenvalue weighted by molar-refractivity contribution is -0.114. The third-order valence-electron chi connectivity index (χ3n) is 5.40. The fraction of sp³-hybridized carbons (Fsp3) is 0.391. The first-order valence-electron chi connectivity index (χ1n) is 10.9. The molecule has 0 unspecified atom stereocenters. The zero-order chi connectivity index (χ0) is 23.8. The minimum atomic E-state index is -3.88. The molecule has 2 heterocycles. The second-order valence-electron chi connectivity index (χ2n) is 8.61. The molecule has 0 bridgehead atoms. The predicted molar refractivity (Wildman–Crippen MR) is 127 cm³/mol. The fourth-order valence-corrected chi connectivity index (χ4v) is 4.55. The van der Waals surface area contributed by atoms with E-state index in [4.69, 9.17) is 4.74 Å². The maximum atomic E-state index is 12.3. The molecule has 33 heavy (non-hydrogen) atoms. The molecule has 176 valence electrons. The maximum Gasteiger partial charge on any atom is 0.301 e. The van der Waals surface area contributed by atoms with E-state index in [-0.39, 0.29) is 6.10 Å². The van der Waals surface area contributed by atoms with Crippen molar-refractivity contribution in [2.75, 3.05) is 6.54 Å². The number of aryl methyl sites for hydroxylation is 2. The van der Waals surface area contributed by atoms with E-state index >= 15 is 0 Å². The summed E-state index contributed by atoms with van der Waals surface area (Å²) in [5.41, 5.74) is 2.36. The molecule has 1 amide bonds. The van der Waals surface area contributed by atoms with E-state index in [1.54, 1.807) is 10.8 Å². The van der Waals surface area contributed by atoms with Gasteiger partial charge in [-0.2, -0.15) is 18.2 Å². The van der Waals surface area contributed by atoms with Crippen molar-refractivity contribution in [3.05, 3.63) is 47.8 Å². The number of rotatable bonds is 9. The van der Waals surface area contributed by atoms with Gasteiger partial charge >= 0.3 is 10.2 Å². The Balaban J connectivity index is 1.61. The number of nitrogens with zero attached hydrogens (tertiary/aromatic N) is 3. The van der Waals surface area contributed by atoms with Crippen LogP contribution in [0.5, 0.6) is 5.75 Å². The van der Waals surface area contributed by atoms with Gasteiger partial charge in [0, 0.05) is 42.9 Å². The Morgan fingerprint density at radius 1 is 1.30 bits per heavy atom. The van der Waals surface area contributed by atoms with Gasteiger partial charge in [0.05, 0.1) is 17.3 Å². The molecule has 4 rings (SSSR count). The van der Waals surface area contributed by atoms with Gasteiger partial charge in [0.15, 0.2) is 0 Å². The summed E-state index contributed by atoms with van der Waals surface area (Å²) >= 11 is 0. The average Bonchev–Trinajstić information content (AvgIpc) is 3.41. The Labute approximate surface area is 193 Å². The number of ether oxygens (including phenoxy) is 1. The molecule has 3 aromatic rings. The molecule has 0 spiro atoms. The first-order chi connectivity index (χ1) is 15.6. The van der Waals surface area contributed by atoms with Crippen LogP contribution in [0.3, 0.4) is 0 Å².